The molecule has 2 saturated carbocycles. The lowest BCUT2D eigenvalue weighted by Gasteiger charge is -2.46. The second-order valence-electron chi connectivity index (χ2n) is 20.9. The van der Waals surface area contributed by atoms with Gasteiger partial charge >= 0.3 is 53.7 Å². The van der Waals surface area contributed by atoms with Gasteiger partial charge in [0.15, 0.2) is 0 Å². The third kappa shape index (κ3) is 12.7. The van der Waals surface area contributed by atoms with E-state index in [9.17, 15) is 58.5 Å². The lowest BCUT2D eigenvalue weighted by molar-refractivity contribution is -0.297. The maximum atomic E-state index is 13.3. The predicted octanol–water partition coefficient (Wildman–Crippen LogP) is 7.57. The van der Waals surface area contributed by atoms with Crippen molar-refractivity contribution < 1.29 is 115 Å². The van der Waals surface area contributed by atoms with E-state index in [1.807, 2.05) is 13.8 Å². The maximum absolute atomic E-state index is 13.3. The van der Waals surface area contributed by atoms with Crippen molar-refractivity contribution in [3.63, 3.8) is 0 Å². The number of ether oxygens (including phenoxy) is 12. The van der Waals surface area contributed by atoms with Crippen molar-refractivity contribution in [2.24, 2.45) is 0 Å². The van der Waals surface area contributed by atoms with Crippen LogP contribution in [-0.4, -0.2) is 104 Å². The maximum Gasteiger partial charge on any atom is 0.348 e. The van der Waals surface area contributed by atoms with E-state index in [0.717, 1.165) is 6.08 Å². The Hall–Kier alpha value is -9.09. The normalized spacial score (nSPS) is 31.1. The summed E-state index contributed by atoms with van der Waals surface area (Å²) in [5.41, 5.74) is -0.929. The van der Waals surface area contributed by atoms with Crippen LogP contribution < -0.4 is 0 Å². The highest BCUT2D eigenvalue weighted by molar-refractivity contribution is 6.17. The first-order valence-corrected chi connectivity index (χ1v) is 26.3. The van der Waals surface area contributed by atoms with Gasteiger partial charge in [-0.05, 0) is 70.1 Å². The van der Waals surface area contributed by atoms with Crippen LogP contribution in [0.25, 0.3) is 0 Å². The molecule has 82 heavy (non-hydrogen) atoms. The molecule has 436 valence electrons. The van der Waals surface area contributed by atoms with Gasteiger partial charge < -0.3 is 72.2 Å². The number of carbonyl (C=O) groups excluding carboxylic acids is 9. The van der Waals surface area contributed by atoms with E-state index in [0.29, 0.717) is 42.4 Å². The van der Waals surface area contributed by atoms with Gasteiger partial charge in [0.25, 0.3) is 52.6 Å². The second kappa shape index (κ2) is 22.8. The number of rotatable bonds is 13. The summed E-state index contributed by atoms with van der Waals surface area (Å²) in [7, 11) is 0. The molecule has 1 unspecified atom stereocenters. The molecular formula is C58H60O24. The Morgan fingerprint density at radius 3 is 0.878 bits per heavy atom. The summed E-state index contributed by atoms with van der Waals surface area (Å²) in [5.74, 6) is -20.1. The van der Waals surface area contributed by atoms with Gasteiger partial charge in [-0.1, -0.05) is 67.0 Å². The van der Waals surface area contributed by atoms with Crippen molar-refractivity contribution in [2.75, 3.05) is 0 Å². The van der Waals surface area contributed by atoms with Gasteiger partial charge in [-0.2, -0.15) is 0 Å². The van der Waals surface area contributed by atoms with E-state index in [2.05, 4.69) is 0 Å². The lowest BCUT2D eigenvalue weighted by Crippen LogP contribution is -2.54. The summed E-state index contributed by atoms with van der Waals surface area (Å²) in [6, 6.07) is 0. The van der Waals surface area contributed by atoms with Crippen LogP contribution in [0.5, 0.6) is 0 Å². The first-order chi connectivity index (χ1) is 38.7. The summed E-state index contributed by atoms with van der Waals surface area (Å²) < 4.78 is 66.3. The number of esters is 9. The molecule has 2 aliphatic carbocycles. The minimum absolute atomic E-state index is 0.161. The fraction of sp³-hybridized carbons (Fsp3) is 0.431. The molecule has 0 bridgehead atoms. The molecule has 0 aromatic rings. The third-order valence-corrected chi connectivity index (χ3v) is 14.2. The van der Waals surface area contributed by atoms with E-state index >= 15 is 0 Å². The number of hydrogen-bond donors (Lipinski definition) is 3. The van der Waals surface area contributed by atoms with Crippen molar-refractivity contribution in [1.82, 2.24) is 0 Å². The van der Waals surface area contributed by atoms with Crippen LogP contribution in [0.2, 0.25) is 0 Å². The smallest absolute Gasteiger partial charge is 0.348 e. The average molecular weight is 1140 g/mol. The molecule has 0 amide bonds. The largest absolute Gasteiger partial charge is 0.480 e. The minimum atomic E-state index is -1.74. The number of carbonyl (C=O) groups is 9. The molecule has 24 nitrogen and oxygen atoms in total. The average Bonchev–Trinajstić information content (AvgIpc) is 3.49. The molecule has 0 aromatic heterocycles. The second-order valence-corrected chi connectivity index (χ2v) is 20.9. The molecule has 3 N–H and O–H groups in total. The number of hydrogen-bond acceptors (Lipinski definition) is 24. The fourth-order valence-electron chi connectivity index (χ4n) is 9.69. The molecule has 4 spiro atoms. The first kappa shape index (κ1) is 59.0. The summed E-state index contributed by atoms with van der Waals surface area (Å²) in [6.07, 6.45) is 16.1. The topological polar surface area (TPSA) is 325 Å². The van der Waals surface area contributed by atoms with Crippen molar-refractivity contribution in [2.45, 2.75) is 160 Å². The Bertz CT molecular complexity index is 3110. The first-order valence-electron chi connectivity index (χ1n) is 26.3. The van der Waals surface area contributed by atoms with Gasteiger partial charge in [0.1, 0.15) is 33.4 Å². The highest BCUT2D eigenvalue weighted by Gasteiger charge is 2.58. The van der Waals surface area contributed by atoms with E-state index in [1.54, 1.807) is 20.8 Å². The van der Waals surface area contributed by atoms with Gasteiger partial charge in [0.05, 0.1) is 0 Å². The Morgan fingerprint density at radius 2 is 0.598 bits per heavy atom. The molecular weight excluding hydrogens is 1080 g/mol. The zero-order valence-corrected chi connectivity index (χ0v) is 45.8. The van der Waals surface area contributed by atoms with Gasteiger partial charge in [0, 0.05) is 78.1 Å². The summed E-state index contributed by atoms with van der Waals surface area (Å²) >= 11 is 0. The van der Waals surface area contributed by atoms with E-state index in [4.69, 9.17) is 56.8 Å². The SMILES string of the molecule is CCCC1(C)OC(=O)C(=CC=C(C)C=CC2=C(O)OC3(CCC4(CC3)OC(=O)C(=C/C=C(C)/C=C/C3=C(O)OC5(CCC6(CC5)OC(=O)C(=C/C=C(C)/C=C/C5=C(O)OC(C)(CCC)OC5=O)C(=O)O6)OC3=O)C(=O)O4)OC2=O)C(=O)O1. The highest BCUT2D eigenvalue weighted by atomic mass is 16.8. The van der Waals surface area contributed by atoms with E-state index < -0.39 is 117 Å². The van der Waals surface area contributed by atoms with Crippen LogP contribution in [0.4, 0.5) is 0 Å². The number of aliphatic hydroxyl groups excluding tert-OH is 3. The number of cyclic esters (lactones) is 3. The molecule has 0 radical (unpaired) electrons. The Kier molecular flexibility index (Phi) is 16.4. The van der Waals surface area contributed by atoms with Crippen LogP contribution in [0.15, 0.2) is 141 Å². The van der Waals surface area contributed by atoms with Gasteiger partial charge in [-0.15, -0.1) is 0 Å². The molecule has 6 heterocycles. The standard InChI is InChI=1S/C58H60O24/c1-8-22-53(6)71-41(59)35(42(60)72-53)16-10-32(3)12-18-37-45(63)75-55(76-46(37)64)24-28-57(29-25-55)79-49(67)39(50(68)80-57)20-14-34(5)15-21-40-51(69)81-58(82-52(40)70)30-26-56(27-31-58)77-47(65)38(48(66)78-56)19-13-33(4)11-17-36-43(61)73-54(7,23-9-2)74-44(36)62/h10-21,59,65,67H,8-9,22-31H2,1-7H3/b16-10+,19-13?,20-14+,32-12+,33-11?,34-15+,36-17?,37-18?,40-21?. The molecule has 8 aliphatic rings. The van der Waals surface area contributed by atoms with E-state index in [-0.39, 0.29) is 73.7 Å². The Balaban J connectivity index is 0.812. The van der Waals surface area contributed by atoms with Crippen LogP contribution in [-0.2, 0) is 100.0 Å². The van der Waals surface area contributed by atoms with Gasteiger partial charge in [0.2, 0.25) is 0 Å². The van der Waals surface area contributed by atoms with Crippen LogP contribution >= 0.6 is 0 Å². The molecule has 5 fully saturated rings. The summed E-state index contributed by atoms with van der Waals surface area (Å²) in [5, 5.41) is 32.0. The van der Waals surface area contributed by atoms with Crippen molar-refractivity contribution in [1.29, 1.82) is 0 Å². The van der Waals surface area contributed by atoms with Crippen LogP contribution in [0.3, 0.4) is 0 Å². The molecule has 1 atom stereocenters. The van der Waals surface area contributed by atoms with Crippen LogP contribution in [0.1, 0.15) is 126 Å². The van der Waals surface area contributed by atoms with Crippen LogP contribution in [0, 0.1) is 0 Å². The zero-order chi connectivity index (χ0) is 59.6. The third-order valence-electron chi connectivity index (χ3n) is 14.2. The minimum Gasteiger partial charge on any atom is -0.480 e. The molecule has 24 heteroatoms. The van der Waals surface area contributed by atoms with Gasteiger partial charge in [-0.3, -0.25) is 0 Å². The summed E-state index contributed by atoms with van der Waals surface area (Å²) in [4.78, 5) is 117. The quantitative estimate of drug-likeness (QED) is 0.0526. The monoisotopic (exact) mass is 1140 g/mol. The Labute approximate surface area is 468 Å². The fourth-order valence-corrected chi connectivity index (χ4v) is 9.69. The molecule has 6 aliphatic heterocycles. The highest BCUT2D eigenvalue weighted by Crippen LogP contribution is 2.48. The Morgan fingerprint density at radius 1 is 0.366 bits per heavy atom. The van der Waals surface area contributed by atoms with Gasteiger partial charge in [-0.25, -0.2) is 43.2 Å². The number of allylic oxidation sites excluding steroid dienone is 12. The predicted molar refractivity (Wildman–Crippen MR) is 274 cm³/mol. The van der Waals surface area contributed by atoms with Crippen molar-refractivity contribution in [3.05, 3.63) is 141 Å². The number of aliphatic hydroxyl groups is 3. The molecule has 0 aromatic carbocycles. The molecule has 3 saturated heterocycles. The van der Waals surface area contributed by atoms with Crippen molar-refractivity contribution >= 4 is 53.7 Å². The molecule has 8 rings (SSSR count). The van der Waals surface area contributed by atoms with E-state index in [1.165, 1.54) is 80.7 Å². The zero-order valence-electron chi connectivity index (χ0n) is 45.8. The lowest BCUT2D eigenvalue weighted by atomic mass is 9.87. The van der Waals surface area contributed by atoms with Crippen molar-refractivity contribution in [3.8, 4) is 0 Å². The summed E-state index contributed by atoms with van der Waals surface area (Å²) in [6.45, 7) is 11.5.